The highest BCUT2D eigenvalue weighted by Gasteiger charge is 2.62. The third-order valence-electron chi connectivity index (χ3n) is 7.46. The second-order valence-electron chi connectivity index (χ2n) is 10.6. The standard InChI is InChI=1S/C23H29N9O8S2/c1-22(2)14(9-26-10-33)32-16(34)15(17(32)41-22)28-18(35)23(25,11-4-5-12-13(8-11)40-19(24)27-12)29-20(36)30-6-7-31(21(30)37)42(3,38)39/h4-5,8,10,14-15,17H,6-7,9,25H2,1-3H3,(H2,24,27)(H,26,33)(H,28,35)(H,29,36)/t14-,15-,17+,23?/m0/s1. The van der Waals surface area contributed by atoms with Gasteiger partial charge in [-0.05, 0) is 26.0 Å². The first-order valence-corrected chi connectivity index (χ1v) is 15.4. The first-order chi connectivity index (χ1) is 19.6. The fourth-order valence-corrected chi connectivity index (χ4v) is 7.71. The second-order valence-corrected chi connectivity index (χ2v) is 14.3. The number of benzene rings is 1. The number of sulfonamides is 1. The topological polar surface area (TPSA) is 243 Å². The molecule has 3 fully saturated rings. The molecule has 3 aliphatic heterocycles. The maximum Gasteiger partial charge on any atom is 0.341 e. The minimum absolute atomic E-state index is 0.000270. The summed E-state index contributed by atoms with van der Waals surface area (Å²) >= 11 is 1.43. The number of hydrogen-bond acceptors (Lipinski definition) is 12. The van der Waals surface area contributed by atoms with Crippen molar-refractivity contribution in [1.29, 1.82) is 0 Å². The summed E-state index contributed by atoms with van der Waals surface area (Å²) < 4.78 is 29.3. The maximum atomic E-state index is 13.8. The molecule has 0 aliphatic carbocycles. The van der Waals surface area contributed by atoms with Crippen molar-refractivity contribution in [3.8, 4) is 0 Å². The molecule has 0 bridgehead atoms. The van der Waals surface area contributed by atoms with Gasteiger partial charge in [0.2, 0.25) is 22.3 Å². The Hall–Kier alpha value is -4.10. The van der Waals surface area contributed by atoms with Crippen LogP contribution in [0.4, 0.5) is 15.6 Å². The zero-order chi connectivity index (χ0) is 30.8. The van der Waals surface area contributed by atoms with Crippen molar-refractivity contribution in [3.63, 3.8) is 0 Å². The van der Waals surface area contributed by atoms with Gasteiger partial charge in [-0.1, -0.05) is 6.07 Å². The van der Waals surface area contributed by atoms with E-state index in [4.69, 9.17) is 15.9 Å². The predicted molar refractivity (Wildman–Crippen MR) is 149 cm³/mol. The fourth-order valence-electron chi connectivity index (χ4n) is 5.26. The lowest BCUT2D eigenvalue weighted by atomic mass is 9.94. The third-order valence-corrected chi connectivity index (χ3v) is 10.2. The van der Waals surface area contributed by atoms with Crippen LogP contribution in [0.5, 0.6) is 0 Å². The monoisotopic (exact) mass is 623 g/mol. The van der Waals surface area contributed by atoms with E-state index in [1.54, 1.807) is 4.90 Å². The molecule has 4 heterocycles. The summed E-state index contributed by atoms with van der Waals surface area (Å²) in [5, 5.41) is 7.08. The molecule has 2 aromatic rings. The molecule has 226 valence electrons. The summed E-state index contributed by atoms with van der Waals surface area (Å²) in [5.41, 5.74) is 10.3. The Balaban J connectivity index is 1.43. The van der Waals surface area contributed by atoms with Crippen LogP contribution in [-0.2, 0) is 30.1 Å². The van der Waals surface area contributed by atoms with E-state index in [9.17, 15) is 32.4 Å². The van der Waals surface area contributed by atoms with Gasteiger partial charge in [0.05, 0.1) is 25.4 Å². The van der Waals surface area contributed by atoms with Gasteiger partial charge in [-0.25, -0.2) is 27.2 Å². The third kappa shape index (κ3) is 4.75. The highest BCUT2D eigenvalue weighted by atomic mass is 32.2. The molecule has 1 aromatic heterocycles. The SMILES string of the molecule is CC1(C)S[C@@H]2[C@@H](NC(=O)C(N)(NC(=O)N3CCN(S(C)(=O)=O)C3=O)c3ccc4nc(N)oc4c3)C(=O)N2[C@H]1CNC=O. The zero-order valence-corrected chi connectivity index (χ0v) is 24.3. The number of fused-ring (bicyclic) bond motifs is 2. The summed E-state index contributed by atoms with van der Waals surface area (Å²) in [4.78, 5) is 70.0. The zero-order valence-electron chi connectivity index (χ0n) is 22.7. The molecule has 0 spiro atoms. The van der Waals surface area contributed by atoms with Gasteiger partial charge < -0.3 is 31.0 Å². The van der Waals surface area contributed by atoms with Crippen molar-refractivity contribution in [2.24, 2.45) is 5.73 Å². The number of rotatable bonds is 8. The van der Waals surface area contributed by atoms with E-state index in [0.29, 0.717) is 21.1 Å². The van der Waals surface area contributed by atoms with Crippen LogP contribution < -0.4 is 27.4 Å². The number of nitrogen functional groups attached to an aromatic ring is 1. The van der Waals surface area contributed by atoms with Crippen LogP contribution >= 0.6 is 11.8 Å². The van der Waals surface area contributed by atoms with Gasteiger partial charge in [0.15, 0.2) is 11.2 Å². The van der Waals surface area contributed by atoms with Crippen molar-refractivity contribution in [2.75, 3.05) is 31.6 Å². The van der Waals surface area contributed by atoms with E-state index in [2.05, 4.69) is 20.9 Å². The summed E-state index contributed by atoms with van der Waals surface area (Å²) in [7, 11) is -3.95. The average molecular weight is 624 g/mol. The number of nitrogens with two attached hydrogens (primary N) is 2. The van der Waals surface area contributed by atoms with Crippen LogP contribution in [0, 0.1) is 0 Å². The van der Waals surface area contributed by atoms with E-state index in [1.165, 1.54) is 30.0 Å². The average Bonchev–Trinajstić information content (AvgIpc) is 3.55. The molecule has 0 radical (unpaired) electrons. The van der Waals surface area contributed by atoms with Gasteiger partial charge in [0.1, 0.15) is 16.9 Å². The number of imide groups is 1. The number of oxazole rings is 1. The molecular formula is C23H29N9O8S2. The number of hydrogen-bond donors (Lipinski definition) is 5. The number of urea groups is 2. The van der Waals surface area contributed by atoms with Gasteiger partial charge in [-0.2, -0.15) is 4.98 Å². The second kappa shape index (κ2) is 10.0. The van der Waals surface area contributed by atoms with Crippen molar-refractivity contribution in [3.05, 3.63) is 23.8 Å². The largest absolute Gasteiger partial charge is 0.424 e. The molecule has 17 nitrogen and oxygen atoms in total. The molecule has 3 saturated heterocycles. The Bertz CT molecular complexity index is 1610. The number of amides is 7. The van der Waals surface area contributed by atoms with Crippen LogP contribution in [0.25, 0.3) is 11.1 Å². The number of aromatic nitrogens is 1. The minimum Gasteiger partial charge on any atom is -0.424 e. The Labute approximate surface area is 243 Å². The van der Waals surface area contributed by atoms with Crippen LogP contribution in [0.15, 0.2) is 22.6 Å². The Morgan fingerprint density at radius 1 is 1.29 bits per heavy atom. The molecule has 1 aromatic carbocycles. The number of anilines is 1. The van der Waals surface area contributed by atoms with Crippen LogP contribution in [0.2, 0.25) is 0 Å². The Morgan fingerprint density at radius 3 is 2.64 bits per heavy atom. The summed E-state index contributed by atoms with van der Waals surface area (Å²) in [5.74, 6) is -1.39. The number of thioether (sulfide) groups is 1. The molecular weight excluding hydrogens is 594 g/mol. The van der Waals surface area contributed by atoms with E-state index in [1.807, 2.05) is 13.8 Å². The normalized spacial score (nSPS) is 24.7. The lowest BCUT2D eigenvalue weighted by Gasteiger charge is -2.46. The maximum absolute atomic E-state index is 13.8. The predicted octanol–water partition coefficient (Wildman–Crippen LogP) is -1.78. The van der Waals surface area contributed by atoms with Crippen LogP contribution in [-0.4, -0.2) is 106 Å². The molecule has 7 amide bonds. The Morgan fingerprint density at radius 2 is 2.00 bits per heavy atom. The van der Waals surface area contributed by atoms with Crippen molar-refractivity contribution in [2.45, 2.75) is 41.7 Å². The quantitative estimate of drug-likeness (QED) is 0.125. The number of β-lactam (4-membered cyclic amide) rings is 1. The number of carbonyl (C=O) groups is 5. The summed E-state index contributed by atoms with van der Waals surface area (Å²) in [6.07, 6.45) is 1.37. The van der Waals surface area contributed by atoms with Gasteiger partial charge in [-0.3, -0.25) is 20.1 Å². The van der Waals surface area contributed by atoms with Crippen LogP contribution in [0.3, 0.4) is 0 Å². The highest BCUT2D eigenvalue weighted by Crippen LogP contribution is 2.50. The first kappa shape index (κ1) is 29.4. The highest BCUT2D eigenvalue weighted by molar-refractivity contribution is 8.01. The van der Waals surface area contributed by atoms with Crippen molar-refractivity contribution in [1.82, 2.24) is 35.0 Å². The minimum atomic E-state index is -3.95. The molecule has 4 atom stereocenters. The molecule has 19 heteroatoms. The van der Waals surface area contributed by atoms with Crippen molar-refractivity contribution >= 4 is 69.2 Å². The Kier molecular flexibility index (Phi) is 7.01. The van der Waals surface area contributed by atoms with E-state index in [-0.39, 0.29) is 42.8 Å². The van der Waals surface area contributed by atoms with E-state index < -0.39 is 55.7 Å². The molecule has 0 saturated carbocycles. The number of nitrogens with one attached hydrogen (secondary N) is 3. The fraction of sp³-hybridized carbons (Fsp3) is 0.478. The lowest BCUT2D eigenvalue weighted by molar-refractivity contribution is -0.152. The van der Waals surface area contributed by atoms with Crippen LogP contribution in [0.1, 0.15) is 19.4 Å². The summed E-state index contributed by atoms with van der Waals surface area (Å²) in [6, 6.07) is 0.425. The van der Waals surface area contributed by atoms with E-state index in [0.717, 1.165) is 6.26 Å². The number of nitrogens with zero attached hydrogens (tertiary/aromatic N) is 4. The van der Waals surface area contributed by atoms with Crippen molar-refractivity contribution < 1.29 is 36.8 Å². The van der Waals surface area contributed by atoms with Gasteiger partial charge in [-0.15, -0.1) is 11.8 Å². The van der Waals surface area contributed by atoms with E-state index >= 15 is 0 Å². The van der Waals surface area contributed by atoms with Gasteiger partial charge in [0, 0.05) is 16.9 Å². The smallest absolute Gasteiger partial charge is 0.341 e. The lowest BCUT2D eigenvalue weighted by Crippen LogP contribution is -2.74. The molecule has 42 heavy (non-hydrogen) atoms. The summed E-state index contributed by atoms with van der Waals surface area (Å²) in [6.45, 7) is 3.49. The van der Waals surface area contributed by atoms with Gasteiger partial charge in [0.25, 0.3) is 11.9 Å². The number of carbonyl (C=O) groups excluding carboxylic acids is 5. The first-order valence-electron chi connectivity index (χ1n) is 12.6. The molecule has 1 unspecified atom stereocenters. The molecule has 3 aliphatic rings. The molecule has 5 rings (SSSR count). The van der Waals surface area contributed by atoms with Gasteiger partial charge >= 0.3 is 12.1 Å². The molecule has 7 N–H and O–H groups in total.